The maximum absolute atomic E-state index is 16.1. The van der Waals surface area contributed by atoms with Gasteiger partial charge in [-0.15, -0.1) is 11.3 Å². The summed E-state index contributed by atoms with van der Waals surface area (Å²) >= 11 is 1.57. The molecule has 71 heavy (non-hydrogen) atoms. The lowest BCUT2D eigenvalue weighted by Gasteiger charge is -2.43. The average Bonchev–Trinajstić information content (AvgIpc) is 3.58. The van der Waals surface area contributed by atoms with E-state index in [4.69, 9.17) is 14.2 Å². The summed E-state index contributed by atoms with van der Waals surface area (Å²) in [6.07, 6.45) is 1.70. The number of amides is 3. The van der Waals surface area contributed by atoms with Gasteiger partial charge in [-0.3, -0.25) is 19.3 Å². The zero-order valence-electron chi connectivity index (χ0n) is 41.7. The number of hydrogen-bond acceptors (Lipinski definition) is 10. The first kappa shape index (κ1) is 52.0. The molecule has 17 heteroatoms. The Morgan fingerprint density at radius 1 is 0.986 bits per heavy atom. The standard InChI is InChI=1S/C54H67F3N6O7S/c1-32-24-39-38-12-8-9-13-42(38)60-45(39)46(63(32)30-53(6,7)57)44-40(55)26-37(27-41(44)56)69-22-10-20-68-21-11-23-70-54(18-19-54)51(67)61-48(52(3,4)5)50(66)62-29-36(64)25-43(62)49(65)58-28-34-14-16-35(17-15-34)47-33(2)59-31-71-47/h8-9,12-17,26-27,31-32,36,43,46,48,60,64H,10-11,18-25,28-30H2,1-7H3,(H,58,65)(H,61,67)/t32-,36-,43+,46-,48-/m1/s1. The van der Waals surface area contributed by atoms with Crippen molar-refractivity contribution >= 4 is 40.0 Å². The van der Waals surface area contributed by atoms with Gasteiger partial charge in [0.1, 0.15) is 40.7 Å². The van der Waals surface area contributed by atoms with E-state index >= 15 is 13.2 Å². The van der Waals surface area contributed by atoms with Crippen LogP contribution in [0.1, 0.15) is 108 Å². The number of H-pyrrole nitrogens is 1. The molecule has 0 unspecified atom stereocenters. The quantitative estimate of drug-likeness (QED) is 0.0562. The number of para-hydroxylation sites is 1. The van der Waals surface area contributed by atoms with E-state index in [2.05, 4.69) is 20.6 Å². The zero-order valence-corrected chi connectivity index (χ0v) is 42.5. The second-order valence-electron chi connectivity index (χ2n) is 21.1. The molecule has 3 amide bonds. The number of alkyl halides is 1. The minimum absolute atomic E-state index is 0.0171. The number of benzene rings is 3. The van der Waals surface area contributed by atoms with Gasteiger partial charge < -0.3 is 39.8 Å². The molecule has 0 radical (unpaired) electrons. The molecular weight excluding hydrogens is 934 g/mol. The van der Waals surface area contributed by atoms with Crippen molar-refractivity contribution in [2.75, 3.05) is 39.5 Å². The molecule has 2 fully saturated rings. The van der Waals surface area contributed by atoms with Crippen molar-refractivity contribution in [2.24, 2.45) is 5.41 Å². The molecule has 2 aromatic heterocycles. The number of β-amino-alcohol motifs (C(OH)–C–C–N with tert-alkyl or cyclic N) is 1. The van der Waals surface area contributed by atoms with Crippen LogP contribution in [-0.4, -0.2) is 118 Å². The molecule has 4 N–H and O–H groups in total. The van der Waals surface area contributed by atoms with E-state index in [9.17, 15) is 19.5 Å². The minimum Gasteiger partial charge on any atom is -0.493 e. The van der Waals surface area contributed by atoms with Crippen LogP contribution in [0.15, 0.2) is 66.2 Å². The van der Waals surface area contributed by atoms with Crippen molar-refractivity contribution in [3.63, 3.8) is 0 Å². The first-order valence-electron chi connectivity index (χ1n) is 24.7. The van der Waals surface area contributed by atoms with Crippen molar-refractivity contribution in [3.05, 3.63) is 106 Å². The number of hydrogen-bond donors (Lipinski definition) is 4. The van der Waals surface area contributed by atoms with Crippen LogP contribution in [0.2, 0.25) is 0 Å². The molecule has 1 saturated carbocycles. The molecule has 1 saturated heterocycles. The van der Waals surface area contributed by atoms with Crippen molar-refractivity contribution in [2.45, 2.75) is 135 Å². The van der Waals surface area contributed by atoms with Gasteiger partial charge in [0.2, 0.25) is 11.8 Å². The number of likely N-dealkylation sites (tertiary alicyclic amines) is 1. The van der Waals surface area contributed by atoms with Gasteiger partial charge in [-0.05, 0) is 81.5 Å². The van der Waals surface area contributed by atoms with E-state index in [1.54, 1.807) is 16.8 Å². The Kier molecular flexibility index (Phi) is 15.7. The number of aryl methyl sites for hydroxylation is 1. The number of halogens is 3. The van der Waals surface area contributed by atoms with Gasteiger partial charge in [-0.1, -0.05) is 63.2 Å². The fourth-order valence-electron chi connectivity index (χ4n) is 9.88. The molecular formula is C54H67F3N6O7S. The van der Waals surface area contributed by atoms with Crippen LogP contribution in [0.4, 0.5) is 13.2 Å². The van der Waals surface area contributed by atoms with E-state index < -0.39 is 64.4 Å². The summed E-state index contributed by atoms with van der Waals surface area (Å²) in [5.41, 5.74) is 3.60. The monoisotopic (exact) mass is 1000 g/mol. The average molecular weight is 1000 g/mol. The first-order valence-corrected chi connectivity index (χ1v) is 25.5. The predicted molar refractivity (Wildman–Crippen MR) is 267 cm³/mol. The topological polar surface area (TPSA) is 158 Å². The second kappa shape index (κ2) is 21.4. The van der Waals surface area contributed by atoms with Crippen LogP contribution >= 0.6 is 11.3 Å². The van der Waals surface area contributed by atoms with Gasteiger partial charge in [0, 0.05) is 86.0 Å². The summed E-state index contributed by atoms with van der Waals surface area (Å²) < 4.78 is 65.0. The van der Waals surface area contributed by atoms with Gasteiger partial charge in [0.05, 0.1) is 41.4 Å². The second-order valence-corrected chi connectivity index (χ2v) is 21.9. The number of aliphatic hydroxyl groups is 1. The summed E-state index contributed by atoms with van der Waals surface area (Å²) in [5.74, 6) is -2.75. The Morgan fingerprint density at radius 2 is 1.68 bits per heavy atom. The van der Waals surface area contributed by atoms with E-state index in [0.717, 1.165) is 38.2 Å². The van der Waals surface area contributed by atoms with Crippen molar-refractivity contribution in [1.82, 2.24) is 30.4 Å². The highest BCUT2D eigenvalue weighted by Gasteiger charge is 2.54. The van der Waals surface area contributed by atoms with Crippen LogP contribution in [0.25, 0.3) is 21.3 Å². The number of carbonyl (C=O) groups excluding carboxylic acids is 3. The Labute approximate surface area is 417 Å². The number of fused-ring (bicyclic) bond motifs is 3. The van der Waals surface area contributed by atoms with Crippen LogP contribution in [0, 0.1) is 24.0 Å². The van der Waals surface area contributed by atoms with Gasteiger partial charge in [0.15, 0.2) is 0 Å². The highest BCUT2D eigenvalue weighted by molar-refractivity contribution is 7.13. The van der Waals surface area contributed by atoms with Crippen LogP contribution in [-0.2, 0) is 36.8 Å². The molecule has 3 aromatic carbocycles. The molecule has 8 rings (SSSR count). The Balaban J connectivity index is 0.781. The molecule has 5 aromatic rings. The SMILES string of the molecule is Cc1ncsc1-c1ccc(CNC(=O)[C@@H]2C[C@@H](O)CN2C(=O)[C@@H](NC(=O)C2(OCCCOCCCOc3cc(F)c([C@@H]4c5[nH]c6ccccc6c5C[C@@H](C)N4CC(C)(C)F)c(F)c3)CC2)C(C)(C)C)cc1. The lowest BCUT2D eigenvalue weighted by Crippen LogP contribution is -2.59. The largest absolute Gasteiger partial charge is 0.493 e. The van der Waals surface area contributed by atoms with E-state index in [1.165, 1.54) is 30.9 Å². The first-order chi connectivity index (χ1) is 33.7. The Hall–Kier alpha value is -5.33. The number of nitrogens with one attached hydrogen (secondary N) is 3. The number of ether oxygens (including phenoxy) is 3. The molecule has 382 valence electrons. The fraction of sp³-hybridized carbons (Fsp3) is 0.519. The van der Waals surface area contributed by atoms with Crippen molar-refractivity contribution in [3.8, 4) is 16.2 Å². The van der Waals surface area contributed by atoms with Crippen LogP contribution in [0.5, 0.6) is 5.75 Å². The normalized spacial score (nSPS) is 20.5. The molecule has 5 atom stereocenters. The molecule has 4 heterocycles. The van der Waals surface area contributed by atoms with Gasteiger partial charge in [0.25, 0.3) is 5.91 Å². The lowest BCUT2D eigenvalue weighted by molar-refractivity contribution is -0.147. The summed E-state index contributed by atoms with van der Waals surface area (Å²) in [4.78, 5) is 53.5. The van der Waals surface area contributed by atoms with Crippen LogP contribution < -0.4 is 15.4 Å². The maximum atomic E-state index is 16.1. The fourth-order valence-corrected chi connectivity index (χ4v) is 10.7. The number of carbonyl (C=O) groups is 3. The molecule has 3 aliphatic rings. The number of rotatable bonds is 20. The van der Waals surface area contributed by atoms with Gasteiger partial charge >= 0.3 is 0 Å². The molecule has 1 aliphatic carbocycles. The van der Waals surface area contributed by atoms with Crippen LogP contribution in [0.3, 0.4) is 0 Å². The Bertz CT molecular complexity index is 2670. The zero-order chi connectivity index (χ0) is 50.8. The van der Waals surface area contributed by atoms with E-state index in [-0.39, 0.29) is 62.5 Å². The number of aromatic nitrogens is 2. The van der Waals surface area contributed by atoms with E-state index in [0.29, 0.717) is 51.0 Å². The smallest absolute Gasteiger partial charge is 0.252 e. The van der Waals surface area contributed by atoms with Crippen molar-refractivity contribution < 1.29 is 46.9 Å². The number of aromatic amines is 1. The highest BCUT2D eigenvalue weighted by Crippen LogP contribution is 2.44. The molecule has 13 nitrogen and oxygen atoms in total. The lowest BCUT2D eigenvalue weighted by atomic mass is 9.85. The van der Waals surface area contributed by atoms with Gasteiger partial charge in [-0.2, -0.15) is 0 Å². The summed E-state index contributed by atoms with van der Waals surface area (Å²) in [5, 5.41) is 17.5. The summed E-state index contributed by atoms with van der Waals surface area (Å²) in [7, 11) is 0. The van der Waals surface area contributed by atoms with Crippen molar-refractivity contribution in [1.29, 1.82) is 0 Å². The number of nitrogens with zero attached hydrogens (tertiary/aromatic N) is 3. The Morgan fingerprint density at radius 3 is 2.32 bits per heavy atom. The van der Waals surface area contributed by atoms with Gasteiger partial charge in [-0.25, -0.2) is 18.2 Å². The third kappa shape index (κ3) is 12.0. The number of aliphatic hydroxyl groups excluding tert-OH is 1. The molecule has 0 spiro atoms. The number of thiazole rings is 1. The third-order valence-electron chi connectivity index (χ3n) is 13.7. The van der Waals surface area contributed by atoms with E-state index in [1.807, 2.05) is 88.0 Å². The third-order valence-corrected chi connectivity index (χ3v) is 14.7. The maximum Gasteiger partial charge on any atom is 0.252 e. The summed E-state index contributed by atoms with van der Waals surface area (Å²) in [6, 6.07) is 15.0. The highest BCUT2D eigenvalue weighted by atomic mass is 32.1. The molecule has 2 aliphatic heterocycles. The molecule has 0 bridgehead atoms. The minimum atomic E-state index is -1.61. The predicted octanol–water partition coefficient (Wildman–Crippen LogP) is 8.50. The summed E-state index contributed by atoms with van der Waals surface area (Å²) in [6.45, 7) is 13.6.